The summed E-state index contributed by atoms with van der Waals surface area (Å²) in [6.45, 7) is 4.24. The lowest BCUT2D eigenvalue weighted by atomic mass is 10.1. The maximum absolute atomic E-state index is 11.3. The fourth-order valence-electron chi connectivity index (χ4n) is 3.33. The Kier molecular flexibility index (Phi) is 2.81. The van der Waals surface area contributed by atoms with Gasteiger partial charge in [0.15, 0.2) is 0 Å². The molecule has 0 spiro atoms. The summed E-state index contributed by atoms with van der Waals surface area (Å²) in [5.74, 6) is 0.641. The van der Waals surface area contributed by atoms with Gasteiger partial charge < -0.3 is 9.67 Å². The van der Waals surface area contributed by atoms with Crippen molar-refractivity contribution >= 4 is 17.0 Å². The maximum atomic E-state index is 11.3. The van der Waals surface area contributed by atoms with Crippen molar-refractivity contribution in [3.63, 3.8) is 0 Å². The average molecular weight is 258 g/mol. The molecule has 0 saturated heterocycles. The zero-order valence-electron chi connectivity index (χ0n) is 11.3. The molecule has 1 aliphatic carbocycles. The van der Waals surface area contributed by atoms with E-state index in [0.717, 1.165) is 17.8 Å². The van der Waals surface area contributed by atoms with Crippen molar-refractivity contribution in [2.75, 3.05) is 0 Å². The van der Waals surface area contributed by atoms with E-state index in [1.54, 1.807) is 6.07 Å². The van der Waals surface area contributed by atoms with Gasteiger partial charge in [-0.1, -0.05) is 19.4 Å². The predicted molar refractivity (Wildman–Crippen MR) is 73.5 cm³/mol. The summed E-state index contributed by atoms with van der Waals surface area (Å²) in [6, 6.07) is 5.86. The lowest BCUT2D eigenvalue weighted by molar-refractivity contribution is 0.0699. The average Bonchev–Trinajstić information content (AvgIpc) is 2.90. The van der Waals surface area contributed by atoms with E-state index < -0.39 is 5.97 Å². The highest BCUT2D eigenvalue weighted by molar-refractivity contribution is 6.01. The van der Waals surface area contributed by atoms with Crippen LogP contribution in [-0.2, 0) is 0 Å². The first-order chi connectivity index (χ1) is 9.09. The van der Waals surface area contributed by atoms with Gasteiger partial charge in [-0.05, 0) is 37.8 Å². The Bertz CT molecular complexity index is 645. The first-order valence-electron chi connectivity index (χ1n) is 6.80. The quantitative estimate of drug-likeness (QED) is 0.898. The van der Waals surface area contributed by atoms with Gasteiger partial charge in [-0.15, -0.1) is 0 Å². The van der Waals surface area contributed by atoms with E-state index in [-0.39, 0.29) is 0 Å². The summed E-state index contributed by atoms with van der Waals surface area (Å²) in [7, 11) is 0. The normalized spacial score (nSPS) is 23.1. The Morgan fingerprint density at radius 1 is 1.42 bits per heavy atom. The number of carboxylic acids is 1. The number of imidazole rings is 1. The van der Waals surface area contributed by atoms with E-state index >= 15 is 0 Å². The predicted octanol–water partition coefficient (Wildman–Crippen LogP) is 3.40. The summed E-state index contributed by atoms with van der Waals surface area (Å²) in [5, 5.41) is 9.25. The number of nitrogens with zero attached hydrogens (tertiary/aromatic N) is 2. The maximum Gasteiger partial charge on any atom is 0.337 e. The summed E-state index contributed by atoms with van der Waals surface area (Å²) >= 11 is 0. The van der Waals surface area contributed by atoms with E-state index in [4.69, 9.17) is 0 Å². The van der Waals surface area contributed by atoms with Crippen LogP contribution in [0.5, 0.6) is 0 Å². The second-order valence-electron chi connectivity index (χ2n) is 5.48. The third-order valence-corrected chi connectivity index (χ3v) is 4.27. The molecule has 1 fully saturated rings. The molecule has 1 aliphatic rings. The highest BCUT2D eigenvalue weighted by atomic mass is 16.4. The topological polar surface area (TPSA) is 55.1 Å². The first-order valence-corrected chi connectivity index (χ1v) is 6.80. The number of carboxylic acid groups (broad SMARTS) is 1. The molecule has 1 heterocycles. The fourth-order valence-corrected chi connectivity index (χ4v) is 3.33. The molecule has 1 aromatic carbocycles. The molecule has 19 heavy (non-hydrogen) atoms. The van der Waals surface area contributed by atoms with Crippen LogP contribution in [0.15, 0.2) is 18.2 Å². The molecule has 0 bridgehead atoms. The minimum atomic E-state index is -0.908. The van der Waals surface area contributed by atoms with E-state index in [9.17, 15) is 9.90 Å². The molecule has 2 aromatic rings. The zero-order valence-corrected chi connectivity index (χ0v) is 11.3. The summed E-state index contributed by atoms with van der Waals surface area (Å²) in [5.41, 5.74) is 1.87. The van der Waals surface area contributed by atoms with Crippen LogP contribution < -0.4 is 0 Å². The molecule has 4 heteroatoms. The van der Waals surface area contributed by atoms with Gasteiger partial charge in [0, 0.05) is 6.04 Å². The lowest BCUT2D eigenvalue weighted by Gasteiger charge is -2.20. The van der Waals surface area contributed by atoms with E-state index in [1.165, 1.54) is 12.8 Å². The zero-order chi connectivity index (χ0) is 13.6. The molecule has 1 N–H and O–H groups in total. The Hall–Kier alpha value is -1.84. The SMILES string of the molecule is Cc1nc2c(C(=O)O)cccc2n1C1CCCC1C. The van der Waals surface area contributed by atoms with Gasteiger partial charge >= 0.3 is 5.97 Å². The van der Waals surface area contributed by atoms with E-state index in [1.807, 2.05) is 19.1 Å². The highest BCUT2D eigenvalue weighted by Gasteiger charge is 2.28. The second-order valence-corrected chi connectivity index (χ2v) is 5.48. The second kappa shape index (κ2) is 4.37. The van der Waals surface area contributed by atoms with Crippen molar-refractivity contribution in [3.8, 4) is 0 Å². The van der Waals surface area contributed by atoms with Crippen LogP contribution in [0, 0.1) is 12.8 Å². The smallest absolute Gasteiger partial charge is 0.337 e. The Balaban J connectivity index is 2.23. The van der Waals surface area contributed by atoms with Crippen LogP contribution in [0.4, 0.5) is 0 Å². The number of hydrogen-bond donors (Lipinski definition) is 1. The molecule has 1 saturated carbocycles. The number of aromatic nitrogens is 2. The van der Waals surface area contributed by atoms with Crippen LogP contribution in [0.25, 0.3) is 11.0 Å². The molecule has 4 nitrogen and oxygen atoms in total. The van der Waals surface area contributed by atoms with Gasteiger partial charge in [0.25, 0.3) is 0 Å². The highest BCUT2D eigenvalue weighted by Crippen LogP contribution is 2.38. The minimum Gasteiger partial charge on any atom is -0.478 e. The number of para-hydroxylation sites is 1. The van der Waals surface area contributed by atoms with E-state index in [0.29, 0.717) is 23.0 Å². The number of fused-ring (bicyclic) bond motifs is 1. The lowest BCUT2D eigenvalue weighted by Crippen LogP contribution is -2.13. The van der Waals surface area contributed by atoms with Gasteiger partial charge in [0.1, 0.15) is 11.3 Å². The van der Waals surface area contributed by atoms with Crippen molar-refractivity contribution in [2.24, 2.45) is 5.92 Å². The van der Waals surface area contributed by atoms with Gasteiger partial charge in [0.2, 0.25) is 0 Å². The molecular formula is C15H18N2O2. The molecule has 2 atom stereocenters. The monoisotopic (exact) mass is 258 g/mol. The molecule has 0 radical (unpaired) electrons. The third-order valence-electron chi connectivity index (χ3n) is 4.27. The van der Waals surface area contributed by atoms with Crippen LogP contribution in [-0.4, -0.2) is 20.6 Å². The van der Waals surface area contributed by atoms with Crippen molar-refractivity contribution in [1.29, 1.82) is 0 Å². The molecule has 2 unspecified atom stereocenters. The Labute approximate surface area is 112 Å². The number of benzene rings is 1. The van der Waals surface area contributed by atoms with Crippen molar-refractivity contribution in [2.45, 2.75) is 39.2 Å². The number of carbonyl (C=O) groups is 1. The molecular weight excluding hydrogens is 240 g/mol. The number of aromatic carboxylic acids is 1. The van der Waals surface area contributed by atoms with Crippen molar-refractivity contribution < 1.29 is 9.90 Å². The summed E-state index contributed by atoms with van der Waals surface area (Å²) in [6.07, 6.45) is 3.64. The summed E-state index contributed by atoms with van der Waals surface area (Å²) < 4.78 is 2.24. The third kappa shape index (κ3) is 1.82. The molecule has 3 rings (SSSR count). The minimum absolute atomic E-state index is 0.296. The van der Waals surface area contributed by atoms with E-state index in [2.05, 4.69) is 16.5 Å². The van der Waals surface area contributed by atoms with Crippen molar-refractivity contribution in [3.05, 3.63) is 29.6 Å². The van der Waals surface area contributed by atoms with Crippen LogP contribution in [0.3, 0.4) is 0 Å². The number of rotatable bonds is 2. The molecule has 100 valence electrons. The Morgan fingerprint density at radius 3 is 2.84 bits per heavy atom. The van der Waals surface area contributed by atoms with Crippen LogP contribution in [0.1, 0.15) is 48.4 Å². The summed E-state index contributed by atoms with van der Waals surface area (Å²) in [4.78, 5) is 15.8. The molecule has 0 amide bonds. The first kappa shape index (κ1) is 12.2. The molecule has 0 aliphatic heterocycles. The van der Waals surface area contributed by atoms with Gasteiger partial charge in [0.05, 0.1) is 11.1 Å². The van der Waals surface area contributed by atoms with Crippen LogP contribution in [0.2, 0.25) is 0 Å². The van der Waals surface area contributed by atoms with Gasteiger partial charge in [-0.25, -0.2) is 9.78 Å². The Morgan fingerprint density at radius 2 is 2.21 bits per heavy atom. The van der Waals surface area contributed by atoms with Crippen LogP contribution >= 0.6 is 0 Å². The van der Waals surface area contributed by atoms with Gasteiger partial charge in [-0.3, -0.25) is 0 Å². The number of hydrogen-bond acceptors (Lipinski definition) is 2. The van der Waals surface area contributed by atoms with Crippen molar-refractivity contribution in [1.82, 2.24) is 9.55 Å². The largest absolute Gasteiger partial charge is 0.478 e. The number of aryl methyl sites for hydroxylation is 1. The van der Waals surface area contributed by atoms with Gasteiger partial charge in [-0.2, -0.15) is 0 Å². The standard InChI is InChI=1S/C15H18N2O2/c1-9-5-3-7-12(9)17-10(2)16-14-11(15(18)19)6-4-8-13(14)17/h4,6,8-9,12H,3,5,7H2,1-2H3,(H,18,19). The molecule has 1 aromatic heterocycles. The fraction of sp³-hybridized carbons (Fsp3) is 0.467.